The summed E-state index contributed by atoms with van der Waals surface area (Å²) < 4.78 is 17.3. The molecule has 0 aromatic carbocycles. The number of ether oxygens (including phenoxy) is 3. The van der Waals surface area contributed by atoms with Gasteiger partial charge in [-0.2, -0.15) is 0 Å². The van der Waals surface area contributed by atoms with E-state index < -0.39 is 17.9 Å². The zero-order valence-electron chi connectivity index (χ0n) is 13.5. The minimum Gasteiger partial charge on any atom is -0.428 e. The standard InChI is InChI=1S/C17H24O5/c1-10(18)20-14-13(19)11-9-12(21-14)17(16(11,3)22-17)15(2)7-5-4-6-8-15/h11-12,14H,4-9H2,1-3H3/t11-,12-,14-,16-,17-/m0/s1. The first-order valence-corrected chi connectivity index (χ1v) is 8.41. The number of esters is 1. The summed E-state index contributed by atoms with van der Waals surface area (Å²) in [5.74, 6) is -0.820. The van der Waals surface area contributed by atoms with E-state index in [0.29, 0.717) is 6.42 Å². The first-order valence-electron chi connectivity index (χ1n) is 8.41. The zero-order valence-corrected chi connectivity index (χ0v) is 13.5. The van der Waals surface area contributed by atoms with Crippen molar-refractivity contribution in [2.45, 2.75) is 82.9 Å². The molecule has 5 atom stereocenters. The van der Waals surface area contributed by atoms with Crippen molar-refractivity contribution < 1.29 is 23.8 Å². The maximum Gasteiger partial charge on any atom is 0.305 e. The Balaban J connectivity index is 1.67. The van der Waals surface area contributed by atoms with Gasteiger partial charge in [-0.3, -0.25) is 9.59 Å². The smallest absolute Gasteiger partial charge is 0.305 e. The van der Waals surface area contributed by atoms with Crippen molar-refractivity contribution >= 4 is 11.8 Å². The number of hydrogen-bond acceptors (Lipinski definition) is 5. The van der Waals surface area contributed by atoms with Crippen LogP contribution in [0.3, 0.4) is 0 Å². The molecule has 0 unspecified atom stereocenters. The molecular formula is C17H24O5. The molecule has 0 N–H and O–H groups in total. The van der Waals surface area contributed by atoms with Gasteiger partial charge in [-0.25, -0.2) is 0 Å². The molecule has 5 heteroatoms. The Morgan fingerprint density at radius 3 is 2.55 bits per heavy atom. The highest BCUT2D eigenvalue weighted by atomic mass is 16.7. The number of epoxide rings is 1. The van der Waals surface area contributed by atoms with Gasteiger partial charge in [0.1, 0.15) is 11.2 Å². The van der Waals surface area contributed by atoms with Gasteiger partial charge in [-0.15, -0.1) is 0 Å². The lowest BCUT2D eigenvalue weighted by molar-refractivity contribution is -0.217. The quantitative estimate of drug-likeness (QED) is 0.579. The van der Waals surface area contributed by atoms with E-state index in [4.69, 9.17) is 14.2 Å². The van der Waals surface area contributed by atoms with Crippen LogP contribution in [-0.2, 0) is 23.8 Å². The predicted octanol–water partition coefficient (Wildman–Crippen LogP) is 2.36. The molecule has 0 aromatic heterocycles. The molecule has 0 spiro atoms. The van der Waals surface area contributed by atoms with Crippen LogP contribution in [0.4, 0.5) is 0 Å². The molecule has 2 saturated heterocycles. The van der Waals surface area contributed by atoms with Gasteiger partial charge < -0.3 is 14.2 Å². The van der Waals surface area contributed by atoms with Crippen LogP contribution in [0, 0.1) is 11.3 Å². The van der Waals surface area contributed by atoms with Crippen molar-refractivity contribution in [2.24, 2.45) is 11.3 Å². The molecule has 22 heavy (non-hydrogen) atoms. The zero-order chi connectivity index (χ0) is 15.8. The minimum absolute atomic E-state index is 0.0464. The van der Waals surface area contributed by atoms with E-state index >= 15 is 0 Å². The summed E-state index contributed by atoms with van der Waals surface area (Å²) in [6, 6.07) is 0. The maximum atomic E-state index is 12.6. The maximum absolute atomic E-state index is 12.6. The molecule has 122 valence electrons. The second-order valence-electron chi connectivity index (χ2n) is 7.82. The average Bonchev–Trinajstić information content (AvgIpc) is 3.05. The Kier molecular flexibility index (Phi) is 2.88. The van der Waals surface area contributed by atoms with Crippen LogP contribution < -0.4 is 0 Å². The van der Waals surface area contributed by atoms with Gasteiger partial charge in [0, 0.05) is 12.3 Å². The highest BCUT2D eigenvalue weighted by molar-refractivity contribution is 5.89. The topological polar surface area (TPSA) is 65.1 Å². The highest BCUT2D eigenvalue weighted by Crippen LogP contribution is 2.74. The molecule has 0 aromatic rings. The second kappa shape index (κ2) is 4.32. The van der Waals surface area contributed by atoms with Crippen LogP contribution in [-0.4, -0.2) is 35.3 Å². The predicted molar refractivity (Wildman–Crippen MR) is 77.0 cm³/mol. The first kappa shape index (κ1) is 14.6. The third-order valence-electron chi connectivity index (χ3n) is 6.63. The number of carbonyl (C=O) groups is 2. The van der Waals surface area contributed by atoms with E-state index in [9.17, 15) is 9.59 Å². The molecule has 2 saturated carbocycles. The third-order valence-corrected chi connectivity index (χ3v) is 6.63. The lowest BCUT2D eigenvalue weighted by Crippen LogP contribution is -2.50. The summed E-state index contributed by atoms with van der Waals surface area (Å²) in [5, 5.41) is 0. The van der Waals surface area contributed by atoms with Crippen molar-refractivity contribution in [3.8, 4) is 0 Å². The molecular weight excluding hydrogens is 284 g/mol. The first-order chi connectivity index (χ1) is 10.3. The fraction of sp³-hybridized carbons (Fsp3) is 0.882. The molecule has 2 bridgehead atoms. The summed E-state index contributed by atoms with van der Waals surface area (Å²) in [6.07, 6.45) is 5.41. The number of Topliss-reactive ketones (excluding diaryl/α,β-unsaturated/α-hetero) is 1. The van der Waals surface area contributed by atoms with Gasteiger partial charge in [-0.1, -0.05) is 26.2 Å². The highest BCUT2D eigenvalue weighted by Gasteiger charge is 2.87. The molecule has 4 rings (SSSR count). The van der Waals surface area contributed by atoms with E-state index in [1.54, 1.807) is 0 Å². The van der Waals surface area contributed by atoms with Crippen molar-refractivity contribution in [2.75, 3.05) is 0 Å². The number of fused-ring (bicyclic) bond motifs is 5. The summed E-state index contributed by atoms with van der Waals surface area (Å²) in [7, 11) is 0. The molecule has 2 aliphatic carbocycles. The van der Waals surface area contributed by atoms with E-state index in [-0.39, 0.29) is 28.8 Å². The molecule has 4 aliphatic rings. The van der Waals surface area contributed by atoms with Crippen LogP contribution >= 0.6 is 0 Å². The SMILES string of the molecule is CC(=O)O[C@H]1O[C@H]2C[C@@H](C1=O)[C@]1(C)O[C@]21C1(C)CCCCC1. The minimum atomic E-state index is -1.04. The molecule has 2 aliphatic heterocycles. The van der Waals surface area contributed by atoms with Crippen LogP contribution in [0.15, 0.2) is 0 Å². The largest absolute Gasteiger partial charge is 0.428 e. The van der Waals surface area contributed by atoms with Crippen LogP contribution in [0.2, 0.25) is 0 Å². The van der Waals surface area contributed by atoms with Crippen molar-refractivity contribution in [1.29, 1.82) is 0 Å². The fourth-order valence-electron chi connectivity index (χ4n) is 5.60. The molecule has 4 fully saturated rings. The van der Waals surface area contributed by atoms with E-state index in [2.05, 4.69) is 13.8 Å². The van der Waals surface area contributed by atoms with Crippen molar-refractivity contribution in [3.05, 3.63) is 0 Å². The van der Waals surface area contributed by atoms with Gasteiger partial charge in [0.25, 0.3) is 6.29 Å². The summed E-state index contributed by atoms with van der Waals surface area (Å²) >= 11 is 0. The Hall–Kier alpha value is -0.940. The second-order valence-corrected chi connectivity index (χ2v) is 7.82. The van der Waals surface area contributed by atoms with Crippen LogP contribution in [0.5, 0.6) is 0 Å². The average molecular weight is 308 g/mol. The van der Waals surface area contributed by atoms with E-state index in [1.165, 1.54) is 26.2 Å². The molecule has 0 amide bonds. The van der Waals surface area contributed by atoms with Crippen LogP contribution in [0.25, 0.3) is 0 Å². The number of ketones is 1. The Morgan fingerprint density at radius 2 is 1.91 bits per heavy atom. The lowest BCUT2D eigenvalue weighted by Gasteiger charge is -2.42. The number of hydrogen-bond donors (Lipinski definition) is 0. The van der Waals surface area contributed by atoms with Crippen molar-refractivity contribution in [1.82, 2.24) is 0 Å². The van der Waals surface area contributed by atoms with Crippen LogP contribution in [0.1, 0.15) is 59.3 Å². The number of carbonyl (C=O) groups excluding carboxylic acids is 2. The Labute approximate surface area is 130 Å². The Bertz CT molecular complexity index is 537. The fourth-order valence-corrected chi connectivity index (χ4v) is 5.60. The van der Waals surface area contributed by atoms with Crippen molar-refractivity contribution in [3.63, 3.8) is 0 Å². The molecule has 0 radical (unpaired) electrons. The Morgan fingerprint density at radius 1 is 1.23 bits per heavy atom. The van der Waals surface area contributed by atoms with E-state index in [1.807, 2.05) is 0 Å². The summed E-state index contributed by atoms with van der Waals surface area (Å²) in [6.45, 7) is 5.64. The summed E-state index contributed by atoms with van der Waals surface area (Å²) in [5.41, 5.74) is -0.782. The monoisotopic (exact) mass is 308 g/mol. The number of rotatable bonds is 2. The normalized spacial score (nSPS) is 48.7. The third kappa shape index (κ3) is 1.56. The van der Waals surface area contributed by atoms with Gasteiger partial charge in [-0.05, 0) is 26.2 Å². The lowest BCUT2D eigenvalue weighted by atomic mass is 9.63. The van der Waals surface area contributed by atoms with Gasteiger partial charge in [0.2, 0.25) is 5.78 Å². The van der Waals surface area contributed by atoms with E-state index in [0.717, 1.165) is 12.8 Å². The van der Waals surface area contributed by atoms with Gasteiger partial charge in [0.05, 0.1) is 12.0 Å². The summed E-state index contributed by atoms with van der Waals surface area (Å²) in [4.78, 5) is 23.8. The van der Waals surface area contributed by atoms with Gasteiger partial charge >= 0.3 is 5.97 Å². The molecule has 5 nitrogen and oxygen atoms in total. The van der Waals surface area contributed by atoms with Gasteiger partial charge in [0.15, 0.2) is 0 Å². The molecule has 2 heterocycles.